The van der Waals surface area contributed by atoms with Crippen molar-refractivity contribution in [3.63, 3.8) is 0 Å². The number of halogens is 2. The molecule has 1 fully saturated rings. The predicted octanol–water partition coefficient (Wildman–Crippen LogP) is 3.34. The van der Waals surface area contributed by atoms with Crippen LogP contribution in [-0.4, -0.2) is 46.1 Å². The summed E-state index contributed by atoms with van der Waals surface area (Å²) in [6.45, 7) is 5.82. The molecule has 2 heterocycles. The van der Waals surface area contributed by atoms with Crippen LogP contribution in [0.4, 0.5) is 0 Å². The first-order valence-corrected chi connectivity index (χ1v) is 9.04. The Hall–Kier alpha value is -1.63. The van der Waals surface area contributed by atoms with E-state index in [1.54, 1.807) is 12.1 Å². The number of amides is 1. The number of hydrogen-bond acceptors (Lipinski definition) is 5. The summed E-state index contributed by atoms with van der Waals surface area (Å²) >= 11 is 5.88. The summed E-state index contributed by atoms with van der Waals surface area (Å²) < 4.78 is 5.29. The van der Waals surface area contributed by atoms with E-state index in [0.29, 0.717) is 42.0 Å². The molecular formula is C18H24Cl2N4O2. The maximum absolute atomic E-state index is 12.4. The van der Waals surface area contributed by atoms with Crippen LogP contribution < -0.4 is 5.32 Å². The lowest BCUT2D eigenvalue weighted by molar-refractivity contribution is -0.134. The summed E-state index contributed by atoms with van der Waals surface area (Å²) in [5.74, 6) is 1.29. The van der Waals surface area contributed by atoms with Gasteiger partial charge in [0.15, 0.2) is 0 Å². The smallest absolute Gasteiger partial charge is 0.226 e. The summed E-state index contributed by atoms with van der Waals surface area (Å²) in [6, 6.07) is 7.85. The van der Waals surface area contributed by atoms with E-state index in [1.807, 2.05) is 17.0 Å². The largest absolute Gasteiger partial charge is 0.339 e. The zero-order valence-electron chi connectivity index (χ0n) is 14.9. The van der Waals surface area contributed by atoms with E-state index < -0.39 is 0 Å². The highest BCUT2D eigenvalue weighted by molar-refractivity contribution is 6.30. The maximum Gasteiger partial charge on any atom is 0.226 e. The van der Waals surface area contributed by atoms with Crippen molar-refractivity contribution in [2.24, 2.45) is 0 Å². The van der Waals surface area contributed by atoms with Gasteiger partial charge in [-0.3, -0.25) is 4.79 Å². The van der Waals surface area contributed by atoms with E-state index in [4.69, 9.17) is 16.1 Å². The van der Waals surface area contributed by atoms with Crippen molar-refractivity contribution in [2.75, 3.05) is 13.1 Å². The van der Waals surface area contributed by atoms with Gasteiger partial charge >= 0.3 is 0 Å². The van der Waals surface area contributed by atoms with Crippen LogP contribution in [0.15, 0.2) is 28.8 Å². The molecule has 1 aromatic carbocycles. The summed E-state index contributed by atoms with van der Waals surface area (Å²) in [5, 5.41) is 8.05. The zero-order valence-corrected chi connectivity index (χ0v) is 16.5. The Morgan fingerprint density at radius 2 is 2.08 bits per heavy atom. The molecule has 8 heteroatoms. The lowest BCUT2D eigenvalue weighted by Crippen LogP contribution is -2.57. The fourth-order valence-corrected chi connectivity index (χ4v) is 3.14. The maximum atomic E-state index is 12.4. The second-order valence-electron chi connectivity index (χ2n) is 6.44. The molecule has 3 rings (SSSR count). The third-order valence-electron chi connectivity index (χ3n) is 4.71. The molecule has 1 amide bonds. The molecule has 2 aromatic rings. The average Bonchev–Trinajstić information content (AvgIpc) is 3.07. The van der Waals surface area contributed by atoms with Gasteiger partial charge in [-0.1, -0.05) is 16.8 Å². The Bertz CT molecular complexity index is 720. The van der Waals surface area contributed by atoms with E-state index in [2.05, 4.69) is 29.3 Å². The van der Waals surface area contributed by atoms with E-state index in [-0.39, 0.29) is 24.4 Å². The number of benzene rings is 1. The third-order valence-corrected chi connectivity index (χ3v) is 4.96. The van der Waals surface area contributed by atoms with Crippen molar-refractivity contribution in [3.05, 3.63) is 35.2 Å². The number of nitrogens with zero attached hydrogens (tertiary/aromatic N) is 3. The van der Waals surface area contributed by atoms with Crippen molar-refractivity contribution in [1.29, 1.82) is 0 Å². The second kappa shape index (κ2) is 9.35. The van der Waals surface area contributed by atoms with Gasteiger partial charge in [0.25, 0.3) is 0 Å². The summed E-state index contributed by atoms with van der Waals surface area (Å²) in [4.78, 5) is 18.8. The molecule has 0 saturated carbocycles. The minimum atomic E-state index is 0. The van der Waals surface area contributed by atoms with E-state index >= 15 is 0 Å². The van der Waals surface area contributed by atoms with Crippen molar-refractivity contribution >= 4 is 29.9 Å². The highest BCUT2D eigenvalue weighted by Gasteiger charge is 2.27. The zero-order chi connectivity index (χ0) is 17.8. The predicted molar refractivity (Wildman–Crippen MR) is 104 cm³/mol. The number of piperazine rings is 1. The first-order valence-electron chi connectivity index (χ1n) is 8.66. The Kier molecular flexibility index (Phi) is 7.43. The Balaban J connectivity index is 0.00000243. The first kappa shape index (κ1) is 20.7. The fourth-order valence-electron chi connectivity index (χ4n) is 3.02. The van der Waals surface area contributed by atoms with E-state index in [0.717, 1.165) is 18.7 Å². The molecule has 26 heavy (non-hydrogen) atoms. The number of aryl methyl sites for hydroxylation is 1. The molecule has 142 valence electrons. The molecule has 0 radical (unpaired) electrons. The molecule has 6 nitrogen and oxygen atoms in total. The minimum Gasteiger partial charge on any atom is -0.339 e. The number of carbonyl (C=O) groups is 1. The van der Waals surface area contributed by atoms with E-state index in [9.17, 15) is 4.79 Å². The van der Waals surface area contributed by atoms with Crippen molar-refractivity contribution in [3.8, 4) is 11.4 Å². The Labute approximate surface area is 164 Å². The van der Waals surface area contributed by atoms with Gasteiger partial charge in [-0.05, 0) is 44.5 Å². The van der Waals surface area contributed by atoms with Crippen molar-refractivity contribution in [2.45, 2.75) is 45.2 Å². The van der Waals surface area contributed by atoms with Crippen molar-refractivity contribution in [1.82, 2.24) is 20.4 Å². The third kappa shape index (κ3) is 4.96. The van der Waals surface area contributed by atoms with Crippen LogP contribution in [0, 0.1) is 0 Å². The van der Waals surface area contributed by atoms with Gasteiger partial charge in [-0.15, -0.1) is 12.4 Å². The van der Waals surface area contributed by atoms with Crippen molar-refractivity contribution < 1.29 is 9.32 Å². The molecule has 0 aliphatic carbocycles. The van der Waals surface area contributed by atoms with Crippen LogP contribution in [0.3, 0.4) is 0 Å². The van der Waals surface area contributed by atoms with Gasteiger partial charge in [-0.2, -0.15) is 4.98 Å². The first-order chi connectivity index (χ1) is 12.0. The topological polar surface area (TPSA) is 71.3 Å². The van der Waals surface area contributed by atoms with Gasteiger partial charge < -0.3 is 14.7 Å². The van der Waals surface area contributed by atoms with Gasteiger partial charge in [-0.25, -0.2) is 0 Å². The standard InChI is InChI=1S/C18H23ClN4O2.ClH/c1-12-13(2)23(11-10-20-12)17(24)5-3-4-16-21-18(22-25-16)14-6-8-15(19)9-7-14;/h6-9,12-13,20H,3-5,10-11H2,1-2H3;1H. The van der Waals surface area contributed by atoms with Gasteiger partial charge in [0.2, 0.25) is 17.6 Å². The van der Waals surface area contributed by atoms with Gasteiger partial charge in [0.05, 0.1) is 0 Å². The number of hydrogen-bond donors (Lipinski definition) is 1. The summed E-state index contributed by atoms with van der Waals surface area (Å²) in [5.41, 5.74) is 0.860. The second-order valence-corrected chi connectivity index (χ2v) is 6.88. The number of rotatable bonds is 5. The molecule has 1 aliphatic heterocycles. The van der Waals surface area contributed by atoms with Crippen LogP contribution in [0.5, 0.6) is 0 Å². The highest BCUT2D eigenvalue weighted by Crippen LogP contribution is 2.19. The normalized spacial score (nSPS) is 19.9. The monoisotopic (exact) mass is 398 g/mol. The molecule has 0 spiro atoms. The number of aromatic nitrogens is 2. The average molecular weight is 399 g/mol. The summed E-state index contributed by atoms with van der Waals surface area (Å²) in [7, 11) is 0. The highest BCUT2D eigenvalue weighted by atomic mass is 35.5. The molecule has 0 bridgehead atoms. The lowest BCUT2D eigenvalue weighted by Gasteiger charge is -2.38. The summed E-state index contributed by atoms with van der Waals surface area (Å²) in [6.07, 6.45) is 1.80. The SMILES string of the molecule is CC1NCCN(C(=O)CCCc2nc(-c3ccc(Cl)cc3)no2)C1C.Cl. The van der Waals surface area contributed by atoms with Crippen LogP contribution in [0.25, 0.3) is 11.4 Å². The molecule has 1 saturated heterocycles. The van der Waals surface area contributed by atoms with Crippen LogP contribution in [0.1, 0.15) is 32.6 Å². The Morgan fingerprint density at radius 3 is 2.81 bits per heavy atom. The Morgan fingerprint density at radius 1 is 1.35 bits per heavy atom. The molecule has 1 aromatic heterocycles. The quantitative estimate of drug-likeness (QED) is 0.835. The lowest BCUT2D eigenvalue weighted by atomic mass is 10.1. The molecule has 1 N–H and O–H groups in total. The molecule has 2 atom stereocenters. The van der Waals surface area contributed by atoms with Gasteiger partial charge in [0.1, 0.15) is 0 Å². The van der Waals surface area contributed by atoms with Crippen LogP contribution in [0.2, 0.25) is 5.02 Å². The number of carbonyl (C=O) groups excluding carboxylic acids is 1. The van der Waals surface area contributed by atoms with Crippen LogP contribution >= 0.6 is 24.0 Å². The number of nitrogens with one attached hydrogen (secondary N) is 1. The fraction of sp³-hybridized carbons (Fsp3) is 0.500. The van der Waals surface area contributed by atoms with E-state index in [1.165, 1.54) is 0 Å². The molecule has 2 unspecified atom stereocenters. The molecular weight excluding hydrogens is 375 g/mol. The van der Waals surface area contributed by atoms with Gasteiger partial charge in [0, 0.05) is 48.6 Å². The van der Waals surface area contributed by atoms with Crippen LogP contribution in [-0.2, 0) is 11.2 Å². The minimum absolute atomic E-state index is 0. The molecule has 1 aliphatic rings.